The van der Waals surface area contributed by atoms with E-state index in [0.29, 0.717) is 36.2 Å². The molecule has 2 aliphatic rings. The highest BCUT2D eigenvalue weighted by Gasteiger charge is 2.58. The fourth-order valence-corrected chi connectivity index (χ4v) is 10.1. The van der Waals surface area contributed by atoms with Gasteiger partial charge in [-0.1, -0.05) is 29.8 Å². The third kappa shape index (κ3) is 11.7. The first-order valence-corrected chi connectivity index (χ1v) is 32.2. The summed E-state index contributed by atoms with van der Waals surface area (Å²) in [4.78, 5) is 2.37. The Morgan fingerprint density at radius 1 is 0.843 bits per heavy atom. The lowest BCUT2D eigenvalue weighted by Crippen LogP contribution is -2.65. The van der Waals surface area contributed by atoms with Gasteiger partial charge in [0.15, 0.2) is 30.7 Å². The summed E-state index contributed by atoms with van der Waals surface area (Å²) >= 11 is 7.12. The van der Waals surface area contributed by atoms with Crippen LogP contribution in [0.15, 0.2) is 54.5 Å². The summed E-state index contributed by atoms with van der Waals surface area (Å²) in [7, 11) is -8.83. The van der Waals surface area contributed by atoms with E-state index in [9.17, 15) is 5.11 Å². The molecular formula is C37H62ClNO8Si4. The number of nitrogens with zero attached hydrogens (tertiary/aromatic N) is 1. The first-order valence-electron chi connectivity index (χ1n) is 18.2. The second-order valence-corrected chi connectivity index (χ2v) is 35.6. The van der Waals surface area contributed by atoms with Gasteiger partial charge in [0.25, 0.3) is 5.79 Å². The number of ether oxygens (including phenoxy) is 3. The first-order chi connectivity index (χ1) is 23.5. The number of hydrogen-bond acceptors (Lipinski definition) is 9. The average molecular weight is 797 g/mol. The third-order valence-electron chi connectivity index (χ3n) is 8.14. The zero-order chi connectivity index (χ0) is 38.0. The largest absolute Gasteiger partial charge is 0.547 e. The topological polar surface area (TPSA) is 88.1 Å². The minimum Gasteiger partial charge on any atom is -0.547 e. The van der Waals surface area contributed by atoms with Crippen molar-refractivity contribution in [1.29, 1.82) is 0 Å². The molecule has 0 aliphatic carbocycles. The molecule has 2 saturated heterocycles. The average Bonchev–Trinajstić information content (AvgIpc) is 3.00. The Balaban J connectivity index is 1.96. The van der Waals surface area contributed by atoms with Crippen LogP contribution in [0.1, 0.15) is 29.7 Å². The molecule has 2 heterocycles. The van der Waals surface area contributed by atoms with Gasteiger partial charge in [-0.3, -0.25) is 4.90 Å². The fraction of sp³-hybridized carbons (Fsp3) is 0.622. The van der Waals surface area contributed by atoms with E-state index >= 15 is 0 Å². The molecule has 9 nitrogen and oxygen atoms in total. The van der Waals surface area contributed by atoms with Crippen molar-refractivity contribution in [3.63, 3.8) is 0 Å². The lowest BCUT2D eigenvalue weighted by molar-refractivity contribution is -0.296. The zero-order valence-electron chi connectivity index (χ0n) is 33.1. The van der Waals surface area contributed by atoms with Crippen LogP contribution in [0.25, 0.3) is 0 Å². The summed E-state index contributed by atoms with van der Waals surface area (Å²) in [5, 5.41) is 13.8. The summed E-state index contributed by atoms with van der Waals surface area (Å²) in [6.07, 6.45) is -0.577. The molecule has 0 amide bonds. The zero-order valence-corrected chi connectivity index (χ0v) is 37.8. The Labute approximate surface area is 316 Å². The van der Waals surface area contributed by atoms with Gasteiger partial charge in [0.05, 0.1) is 25.9 Å². The number of benzene rings is 2. The highest BCUT2D eigenvalue weighted by Crippen LogP contribution is 2.46. The van der Waals surface area contributed by atoms with Crippen LogP contribution in [0.2, 0.25) is 83.6 Å². The highest BCUT2D eigenvalue weighted by atomic mass is 35.5. The predicted molar refractivity (Wildman–Crippen MR) is 215 cm³/mol. The molecule has 2 fully saturated rings. The lowest BCUT2D eigenvalue weighted by atomic mass is 9.87. The molecule has 5 atom stereocenters. The van der Waals surface area contributed by atoms with Gasteiger partial charge in [-0.15, -0.1) is 0 Å². The number of morpholine rings is 1. The fourth-order valence-electron chi connectivity index (χ4n) is 6.27. The van der Waals surface area contributed by atoms with Gasteiger partial charge in [-0.05, 0) is 121 Å². The van der Waals surface area contributed by atoms with Gasteiger partial charge in [0.2, 0.25) is 8.32 Å². The molecule has 4 unspecified atom stereocenters. The van der Waals surface area contributed by atoms with Crippen LogP contribution < -0.4 is 4.74 Å². The van der Waals surface area contributed by atoms with E-state index < -0.39 is 57.4 Å². The van der Waals surface area contributed by atoms with Gasteiger partial charge >= 0.3 is 0 Å². The highest BCUT2D eigenvalue weighted by molar-refractivity contribution is 6.71. The van der Waals surface area contributed by atoms with Gasteiger partial charge in [0.1, 0.15) is 30.3 Å². The minimum absolute atomic E-state index is 0.220. The molecule has 51 heavy (non-hydrogen) atoms. The molecule has 4 rings (SSSR count). The van der Waals surface area contributed by atoms with Crippen LogP contribution in [0, 0.1) is 0 Å². The van der Waals surface area contributed by atoms with E-state index in [1.54, 1.807) is 6.26 Å². The Morgan fingerprint density at radius 2 is 1.43 bits per heavy atom. The minimum atomic E-state index is -2.33. The molecule has 2 aliphatic heterocycles. The van der Waals surface area contributed by atoms with Gasteiger partial charge in [0, 0.05) is 23.7 Å². The second kappa shape index (κ2) is 16.5. The van der Waals surface area contributed by atoms with E-state index in [2.05, 4.69) is 95.6 Å². The van der Waals surface area contributed by atoms with E-state index in [4.69, 9.17) is 43.5 Å². The number of rotatable bonds is 14. The van der Waals surface area contributed by atoms with Crippen LogP contribution in [-0.2, 0) is 33.0 Å². The predicted octanol–water partition coefficient (Wildman–Crippen LogP) is 8.69. The van der Waals surface area contributed by atoms with E-state index in [1.807, 2.05) is 37.3 Å². The summed E-state index contributed by atoms with van der Waals surface area (Å²) in [6.45, 7) is 30.8. The SMILES string of the molecule is CCOc1ccc(C(c2cc([C@]3(O)O/C(=C\O[Si](C)(C)C)C(O[Si](C)(C)C)C(O[Si](C)(C)C)C3O[Si](C)(C)C)ccc2Cl)N2CCOCC2)cc1. The van der Waals surface area contributed by atoms with E-state index in [1.165, 1.54) is 0 Å². The van der Waals surface area contributed by atoms with Crippen molar-refractivity contribution in [2.24, 2.45) is 0 Å². The molecule has 286 valence electrons. The van der Waals surface area contributed by atoms with Crippen LogP contribution >= 0.6 is 11.6 Å². The summed E-state index contributed by atoms with van der Waals surface area (Å²) < 4.78 is 45.6. The maximum absolute atomic E-state index is 13.2. The van der Waals surface area contributed by atoms with Crippen molar-refractivity contribution < 1.29 is 37.0 Å². The normalized spacial score (nSPS) is 25.4. The van der Waals surface area contributed by atoms with Gasteiger partial charge in [-0.2, -0.15) is 0 Å². The van der Waals surface area contributed by atoms with Crippen LogP contribution in [0.4, 0.5) is 0 Å². The van der Waals surface area contributed by atoms with Crippen molar-refractivity contribution >= 4 is 44.9 Å². The third-order valence-corrected chi connectivity index (χ3v) is 12.2. The van der Waals surface area contributed by atoms with E-state index in [-0.39, 0.29) is 6.04 Å². The molecule has 0 spiro atoms. The maximum Gasteiger partial charge on any atom is 0.262 e. The summed E-state index contributed by atoms with van der Waals surface area (Å²) in [6, 6.07) is 13.6. The summed E-state index contributed by atoms with van der Waals surface area (Å²) in [5.74, 6) is -0.762. The Kier molecular flexibility index (Phi) is 13.6. The molecule has 14 heteroatoms. The summed E-state index contributed by atoms with van der Waals surface area (Å²) in [5.41, 5.74) is 2.42. The standard InChI is InChI=1S/C37H62ClNO8Si4/c1-14-42-29-18-15-27(16-19-29)33(39-21-23-41-24-22-39)30-25-28(17-20-31(30)38)37(40)36(47-51(11,12)13)35(46-50(8,9)10)34(45-49(5,6)7)32(44-37)26-43-48(2,3)4/h15-20,25-26,33-36,40H,14,21-24H2,1-13H3/b32-26-/t33?,34?,35?,36?,37-/m0/s1. The van der Waals surface area contributed by atoms with Gasteiger partial charge < -0.3 is 37.0 Å². The molecule has 1 N–H and O–H groups in total. The maximum atomic E-state index is 13.2. The molecule has 0 radical (unpaired) electrons. The Hall–Kier alpha value is -1.50. The monoisotopic (exact) mass is 795 g/mol. The molecule has 2 aromatic rings. The van der Waals surface area contributed by atoms with Crippen LogP contribution in [0.5, 0.6) is 5.75 Å². The van der Waals surface area contributed by atoms with E-state index in [0.717, 1.165) is 30.0 Å². The van der Waals surface area contributed by atoms with Crippen molar-refractivity contribution in [3.8, 4) is 5.75 Å². The van der Waals surface area contributed by atoms with Crippen molar-refractivity contribution in [2.45, 2.75) is 116 Å². The van der Waals surface area contributed by atoms with Crippen molar-refractivity contribution in [3.05, 3.63) is 76.2 Å². The number of aliphatic hydroxyl groups is 1. The van der Waals surface area contributed by atoms with Crippen molar-refractivity contribution in [1.82, 2.24) is 4.90 Å². The lowest BCUT2D eigenvalue weighted by Gasteiger charge is -2.52. The molecule has 0 saturated carbocycles. The first kappa shape index (κ1) is 42.2. The molecular weight excluding hydrogens is 734 g/mol. The molecule has 0 aromatic heterocycles. The molecule has 2 aromatic carbocycles. The smallest absolute Gasteiger partial charge is 0.262 e. The van der Waals surface area contributed by atoms with Gasteiger partial charge in [-0.25, -0.2) is 0 Å². The quantitative estimate of drug-likeness (QED) is 0.149. The van der Waals surface area contributed by atoms with Crippen LogP contribution in [-0.4, -0.2) is 94.5 Å². The Morgan fingerprint density at radius 3 is 1.96 bits per heavy atom. The molecule has 0 bridgehead atoms. The van der Waals surface area contributed by atoms with Crippen LogP contribution in [0.3, 0.4) is 0 Å². The second-order valence-electron chi connectivity index (χ2n) is 17.3. The number of halogens is 1. The number of hydrogen-bond donors (Lipinski definition) is 1. The Bertz CT molecular complexity index is 1480. The van der Waals surface area contributed by atoms with Crippen molar-refractivity contribution in [2.75, 3.05) is 32.9 Å².